The lowest BCUT2D eigenvalue weighted by atomic mass is 9.84. The summed E-state index contributed by atoms with van der Waals surface area (Å²) >= 11 is 0. The summed E-state index contributed by atoms with van der Waals surface area (Å²) in [7, 11) is 0. The summed E-state index contributed by atoms with van der Waals surface area (Å²) in [4.78, 5) is 15.1. The molecular weight excluding hydrogens is 409 g/mol. The van der Waals surface area contributed by atoms with E-state index in [1.807, 2.05) is 12.1 Å². The van der Waals surface area contributed by atoms with E-state index >= 15 is 0 Å². The van der Waals surface area contributed by atoms with Gasteiger partial charge in [0.05, 0.1) is 12.2 Å². The molecule has 1 amide bonds. The highest BCUT2D eigenvalue weighted by atomic mass is 35.5. The van der Waals surface area contributed by atoms with E-state index < -0.39 is 0 Å². The van der Waals surface area contributed by atoms with Crippen molar-refractivity contribution >= 4 is 30.7 Å². The molecule has 1 aromatic rings. The van der Waals surface area contributed by atoms with Crippen LogP contribution in [0.1, 0.15) is 61.9 Å². The first kappa shape index (κ1) is 26.2. The lowest BCUT2D eigenvalue weighted by molar-refractivity contribution is -0.0704. The van der Waals surface area contributed by atoms with Crippen LogP contribution >= 0.6 is 24.8 Å². The molecule has 0 radical (unpaired) electrons. The Morgan fingerprint density at radius 2 is 1.69 bits per heavy atom. The van der Waals surface area contributed by atoms with Crippen LogP contribution in [0.5, 0.6) is 0 Å². The van der Waals surface area contributed by atoms with Gasteiger partial charge in [0.2, 0.25) is 0 Å². The predicted molar refractivity (Wildman–Crippen MR) is 123 cm³/mol. The monoisotopic (exact) mass is 445 g/mol. The average molecular weight is 446 g/mol. The molecular formula is C22H37Cl2N3O2. The van der Waals surface area contributed by atoms with E-state index in [9.17, 15) is 4.79 Å². The van der Waals surface area contributed by atoms with E-state index in [1.54, 1.807) is 0 Å². The summed E-state index contributed by atoms with van der Waals surface area (Å²) in [5.74, 6) is 0.522. The van der Waals surface area contributed by atoms with Crippen molar-refractivity contribution in [1.82, 2.24) is 10.2 Å². The Balaban J connectivity index is 0.00000210. The minimum Gasteiger partial charge on any atom is -0.373 e. The second-order valence-corrected chi connectivity index (χ2v) is 8.36. The Kier molecular flexibility index (Phi) is 11.5. The summed E-state index contributed by atoms with van der Waals surface area (Å²) in [6.45, 7) is 7.56. The fourth-order valence-electron chi connectivity index (χ4n) is 4.59. The van der Waals surface area contributed by atoms with Gasteiger partial charge in [-0.1, -0.05) is 31.4 Å². The Hall–Kier alpha value is -0.850. The zero-order chi connectivity index (χ0) is 19.2. The number of rotatable bonds is 6. The van der Waals surface area contributed by atoms with E-state index in [0.29, 0.717) is 12.5 Å². The van der Waals surface area contributed by atoms with E-state index in [4.69, 9.17) is 10.5 Å². The Morgan fingerprint density at radius 3 is 2.24 bits per heavy atom. The van der Waals surface area contributed by atoms with Gasteiger partial charge in [-0.05, 0) is 50.3 Å². The number of benzene rings is 1. The minimum absolute atomic E-state index is 0. The van der Waals surface area contributed by atoms with E-state index in [0.717, 1.165) is 25.2 Å². The maximum absolute atomic E-state index is 12.7. The fraction of sp³-hybridized carbons (Fsp3) is 0.682. The molecule has 1 aliphatic heterocycles. The van der Waals surface area contributed by atoms with Crippen molar-refractivity contribution in [1.29, 1.82) is 0 Å². The Labute approximate surface area is 187 Å². The second-order valence-electron chi connectivity index (χ2n) is 8.36. The van der Waals surface area contributed by atoms with Gasteiger partial charge in [0.1, 0.15) is 0 Å². The van der Waals surface area contributed by atoms with Gasteiger partial charge >= 0.3 is 0 Å². The van der Waals surface area contributed by atoms with Crippen LogP contribution in [-0.4, -0.2) is 48.7 Å². The molecule has 2 fully saturated rings. The first-order valence-electron chi connectivity index (χ1n) is 10.5. The fourth-order valence-corrected chi connectivity index (χ4v) is 4.59. The van der Waals surface area contributed by atoms with Crippen molar-refractivity contribution in [2.75, 3.05) is 19.6 Å². The molecule has 2 aliphatic rings. The number of hydrogen-bond acceptors (Lipinski definition) is 4. The lowest BCUT2D eigenvalue weighted by Gasteiger charge is -2.35. The van der Waals surface area contributed by atoms with Crippen molar-refractivity contribution < 1.29 is 9.53 Å². The number of nitrogens with two attached hydrogens (primary N) is 1. The van der Waals surface area contributed by atoms with Gasteiger partial charge < -0.3 is 15.8 Å². The van der Waals surface area contributed by atoms with Crippen LogP contribution in [0.2, 0.25) is 0 Å². The summed E-state index contributed by atoms with van der Waals surface area (Å²) in [5, 5.41) is 3.17. The Bertz CT molecular complexity index is 599. The molecule has 0 spiro atoms. The maximum Gasteiger partial charge on any atom is 0.251 e. The van der Waals surface area contributed by atoms with Crippen LogP contribution in [0, 0.1) is 5.92 Å². The average Bonchev–Trinajstić information content (AvgIpc) is 2.66. The van der Waals surface area contributed by atoms with Gasteiger partial charge in [0, 0.05) is 37.8 Å². The molecule has 0 aromatic heterocycles. The normalized spacial score (nSPS) is 24.1. The molecule has 1 aromatic carbocycles. The molecule has 3 unspecified atom stereocenters. The van der Waals surface area contributed by atoms with Crippen molar-refractivity contribution in [3.05, 3.63) is 35.4 Å². The van der Waals surface area contributed by atoms with Crippen molar-refractivity contribution in [2.24, 2.45) is 11.7 Å². The van der Waals surface area contributed by atoms with Gasteiger partial charge in [-0.25, -0.2) is 0 Å². The molecule has 1 heterocycles. The smallest absolute Gasteiger partial charge is 0.251 e. The van der Waals surface area contributed by atoms with Gasteiger partial charge in [0.15, 0.2) is 0 Å². The van der Waals surface area contributed by atoms with Crippen molar-refractivity contribution in [3.63, 3.8) is 0 Å². The van der Waals surface area contributed by atoms with E-state index in [-0.39, 0.29) is 49.0 Å². The molecule has 1 aliphatic carbocycles. The highest BCUT2D eigenvalue weighted by molar-refractivity contribution is 5.94. The molecule has 1 saturated heterocycles. The molecule has 0 bridgehead atoms. The van der Waals surface area contributed by atoms with Gasteiger partial charge in [0.25, 0.3) is 5.91 Å². The first-order valence-corrected chi connectivity index (χ1v) is 10.5. The summed E-state index contributed by atoms with van der Waals surface area (Å²) in [6.07, 6.45) is 6.71. The number of amides is 1. The molecule has 7 heteroatoms. The minimum atomic E-state index is -0.00353. The largest absolute Gasteiger partial charge is 0.373 e. The standard InChI is InChI=1S/C22H35N3O2.2ClH/c1-16-13-25(14-17(2)27-16)15-18-8-10-20(11-9-18)22(26)24-21(12-23)19-6-4-3-5-7-19;;/h8-11,16-17,19,21H,3-7,12-15,23H2,1-2H3,(H,24,26);2*1H. The molecule has 3 N–H and O–H groups in total. The van der Waals surface area contributed by atoms with Gasteiger partial charge in [-0.2, -0.15) is 0 Å². The maximum atomic E-state index is 12.7. The number of hydrogen-bond donors (Lipinski definition) is 2. The number of halogens is 2. The lowest BCUT2D eigenvalue weighted by Crippen LogP contribution is -2.46. The zero-order valence-corrected chi connectivity index (χ0v) is 19.3. The van der Waals surface area contributed by atoms with E-state index in [1.165, 1.54) is 37.7 Å². The molecule has 166 valence electrons. The van der Waals surface area contributed by atoms with Crippen LogP contribution in [0.15, 0.2) is 24.3 Å². The highest BCUT2D eigenvalue weighted by Gasteiger charge is 2.25. The van der Waals surface area contributed by atoms with Gasteiger partial charge in [-0.15, -0.1) is 24.8 Å². The summed E-state index contributed by atoms with van der Waals surface area (Å²) in [5.41, 5.74) is 7.90. The number of nitrogens with one attached hydrogen (secondary N) is 1. The summed E-state index contributed by atoms with van der Waals surface area (Å²) in [6, 6.07) is 8.10. The predicted octanol–water partition coefficient (Wildman–Crippen LogP) is 3.78. The third-order valence-corrected chi connectivity index (χ3v) is 5.91. The topological polar surface area (TPSA) is 67.6 Å². The molecule has 3 rings (SSSR count). The second kappa shape index (κ2) is 12.8. The van der Waals surface area contributed by atoms with Crippen LogP contribution in [0.3, 0.4) is 0 Å². The van der Waals surface area contributed by atoms with Crippen LogP contribution in [-0.2, 0) is 11.3 Å². The van der Waals surface area contributed by atoms with Crippen LogP contribution in [0.4, 0.5) is 0 Å². The van der Waals surface area contributed by atoms with Crippen LogP contribution < -0.4 is 11.1 Å². The number of nitrogens with zero attached hydrogens (tertiary/aromatic N) is 1. The SMILES string of the molecule is CC1CN(Cc2ccc(C(=O)NC(CN)C3CCCCC3)cc2)CC(C)O1.Cl.Cl. The molecule has 5 nitrogen and oxygen atoms in total. The van der Waals surface area contributed by atoms with Crippen molar-refractivity contribution in [3.8, 4) is 0 Å². The summed E-state index contributed by atoms with van der Waals surface area (Å²) < 4.78 is 5.80. The molecule has 29 heavy (non-hydrogen) atoms. The van der Waals surface area contributed by atoms with Crippen molar-refractivity contribution in [2.45, 2.75) is 70.7 Å². The molecule has 3 atom stereocenters. The number of carbonyl (C=O) groups is 1. The number of carbonyl (C=O) groups excluding carboxylic acids is 1. The van der Waals surface area contributed by atoms with Gasteiger partial charge in [-0.3, -0.25) is 9.69 Å². The van der Waals surface area contributed by atoms with Crippen LogP contribution in [0.25, 0.3) is 0 Å². The third-order valence-electron chi connectivity index (χ3n) is 5.91. The Morgan fingerprint density at radius 1 is 1.10 bits per heavy atom. The van der Waals surface area contributed by atoms with E-state index in [2.05, 4.69) is 36.2 Å². The first-order chi connectivity index (χ1) is 13.0. The molecule has 1 saturated carbocycles. The third kappa shape index (κ3) is 7.72. The quantitative estimate of drug-likeness (QED) is 0.698. The highest BCUT2D eigenvalue weighted by Crippen LogP contribution is 2.26. The number of ether oxygens (including phenoxy) is 1. The zero-order valence-electron chi connectivity index (χ0n) is 17.6. The number of morpholine rings is 1.